The maximum absolute atomic E-state index is 12.4. The highest BCUT2D eigenvalue weighted by atomic mass is 16.2. The predicted molar refractivity (Wildman–Crippen MR) is 83.5 cm³/mol. The van der Waals surface area contributed by atoms with Crippen molar-refractivity contribution in [2.75, 3.05) is 19.6 Å². The molecule has 1 unspecified atom stereocenters. The lowest BCUT2D eigenvalue weighted by Crippen LogP contribution is -2.47. The summed E-state index contributed by atoms with van der Waals surface area (Å²) in [5.41, 5.74) is 2.07. The minimum absolute atomic E-state index is 0.106. The molecule has 0 saturated carbocycles. The molecule has 2 saturated heterocycles. The average Bonchev–Trinajstić information content (AvgIpc) is 3.09. The van der Waals surface area contributed by atoms with Crippen LogP contribution in [-0.2, 0) is 0 Å². The van der Waals surface area contributed by atoms with Crippen LogP contribution in [0.3, 0.4) is 0 Å². The Hall–Kier alpha value is -2.32. The maximum atomic E-state index is 12.4. The highest BCUT2D eigenvalue weighted by Gasteiger charge is 2.33. The summed E-state index contributed by atoms with van der Waals surface area (Å²) >= 11 is 0. The third-order valence-corrected chi connectivity index (χ3v) is 4.73. The molecule has 2 aromatic heterocycles. The van der Waals surface area contributed by atoms with Gasteiger partial charge in [0, 0.05) is 31.5 Å². The molecule has 0 radical (unpaired) electrons. The molecule has 1 amide bonds. The molecule has 112 valence electrons. The number of fused-ring (bicyclic) bond motifs is 3. The highest BCUT2D eigenvalue weighted by molar-refractivity contribution is 5.92. The van der Waals surface area contributed by atoms with E-state index in [2.05, 4.69) is 21.1 Å². The minimum Gasteiger partial charge on any atom is -0.347 e. The zero-order chi connectivity index (χ0) is 15.1. The molecule has 5 heteroatoms. The van der Waals surface area contributed by atoms with Crippen molar-refractivity contribution in [3.63, 3.8) is 0 Å². The summed E-state index contributed by atoms with van der Waals surface area (Å²) < 4.78 is 1.85. The van der Waals surface area contributed by atoms with Crippen molar-refractivity contribution in [2.45, 2.75) is 18.9 Å². The normalized spacial score (nSPS) is 26.8. The van der Waals surface area contributed by atoms with Crippen LogP contribution in [0.25, 0.3) is 5.52 Å². The fraction of sp³-hybridized carbons (Fsp3) is 0.412. The summed E-state index contributed by atoms with van der Waals surface area (Å²) in [5.74, 6) is 3.24. The molecule has 2 aliphatic heterocycles. The number of nitrogens with zero attached hydrogens (tertiary/aromatic N) is 3. The molecule has 3 atom stereocenters. The molecule has 2 bridgehead atoms. The van der Waals surface area contributed by atoms with Gasteiger partial charge in [-0.15, -0.1) is 6.42 Å². The molecule has 0 aliphatic carbocycles. The Morgan fingerprint density at radius 1 is 1.45 bits per heavy atom. The van der Waals surface area contributed by atoms with Crippen LogP contribution in [0, 0.1) is 18.3 Å². The van der Waals surface area contributed by atoms with E-state index in [9.17, 15) is 4.79 Å². The van der Waals surface area contributed by atoms with Crippen molar-refractivity contribution in [1.29, 1.82) is 0 Å². The van der Waals surface area contributed by atoms with E-state index in [4.69, 9.17) is 6.42 Å². The minimum atomic E-state index is -0.106. The van der Waals surface area contributed by atoms with Crippen LogP contribution in [0.4, 0.5) is 0 Å². The van der Waals surface area contributed by atoms with Crippen molar-refractivity contribution >= 4 is 11.4 Å². The van der Waals surface area contributed by atoms with Gasteiger partial charge in [0.2, 0.25) is 0 Å². The molecule has 5 nitrogen and oxygen atoms in total. The fourth-order valence-electron chi connectivity index (χ4n) is 3.67. The number of nitrogens with one attached hydrogen (secondary N) is 1. The second-order valence-electron chi connectivity index (χ2n) is 6.26. The topological polar surface area (TPSA) is 49.6 Å². The van der Waals surface area contributed by atoms with Gasteiger partial charge in [-0.05, 0) is 31.4 Å². The number of hydrogen-bond acceptors (Lipinski definition) is 3. The number of amides is 1. The molecule has 4 heterocycles. The fourth-order valence-corrected chi connectivity index (χ4v) is 3.67. The lowest BCUT2D eigenvalue weighted by molar-refractivity contribution is 0.0904. The van der Waals surface area contributed by atoms with Gasteiger partial charge in [-0.3, -0.25) is 4.79 Å². The first kappa shape index (κ1) is 13.4. The predicted octanol–water partition coefficient (Wildman–Crippen LogP) is 1.14. The van der Waals surface area contributed by atoms with E-state index >= 15 is 0 Å². The van der Waals surface area contributed by atoms with Crippen molar-refractivity contribution < 1.29 is 4.79 Å². The number of rotatable bonds is 2. The number of piperidine rings is 1. The molecular weight excluding hydrogens is 276 g/mol. The van der Waals surface area contributed by atoms with Gasteiger partial charge in [-0.1, -0.05) is 5.92 Å². The van der Waals surface area contributed by atoms with Gasteiger partial charge in [-0.25, -0.2) is 4.98 Å². The molecule has 1 N–H and O–H groups in total. The first-order valence-corrected chi connectivity index (χ1v) is 7.69. The van der Waals surface area contributed by atoms with Crippen molar-refractivity contribution in [3.05, 3.63) is 35.9 Å². The van der Waals surface area contributed by atoms with Crippen LogP contribution in [0.1, 0.15) is 28.9 Å². The summed E-state index contributed by atoms with van der Waals surface area (Å²) in [6, 6.07) is 2.09. The first-order chi connectivity index (χ1) is 10.7. The maximum Gasteiger partial charge on any atom is 0.271 e. The van der Waals surface area contributed by atoms with Gasteiger partial charge in [0.1, 0.15) is 5.69 Å². The van der Waals surface area contributed by atoms with Gasteiger partial charge in [0.15, 0.2) is 0 Å². The van der Waals surface area contributed by atoms with Crippen molar-refractivity contribution in [3.8, 4) is 12.3 Å². The lowest BCUT2D eigenvalue weighted by Gasteiger charge is -2.30. The second-order valence-corrected chi connectivity index (χ2v) is 6.26. The molecule has 2 aliphatic rings. The monoisotopic (exact) mass is 294 g/mol. The SMILES string of the molecule is C#Cc1ccn2cc(C(=O)N[C@@H]3C[C@@H]4CCN(C4)C3)ncc12. The smallest absolute Gasteiger partial charge is 0.271 e. The van der Waals surface area contributed by atoms with E-state index in [1.807, 2.05) is 16.7 Å². The summed E-state index contributed by atoms with van der Waals surface area (Å²) in [6.07, 6.45) is 13.0. The standard InChI is InChI=1S/C17H18N4O/c1-2-13-4-6-21-11-15(18-8-16(13)21)17(22)19-14-7-12-3-5-20(9-12)10-14/h1,4,6,8,11-12,14H,3,5,7,9-10H2,(H,19,22)/t12-,14+/m0/s1. The Bertz CT molecular complexity index is 761. The van der Waals surface area contributed by atoms with E-state index in [1.165, 1.54) is 19.5 Å². The number of carbonyl (C=O) groups excluding carboxylic acids is 1. The number of aromatic nitrogens is 2. The van der Waals surface area contributed by atoms with E-state index in [1.54, 1.807) is 12.4 Å². The van der Waals surface area contributed by atoms with Crippen LogP contribution in [-0.4, -0.2) is 45.9 Å². The Balaban J connectivity index is 1.52. The lowest BCUT2D eigenvalue weighted by atomic mass is 9.97. The van der Waals surface area contributed by atoms with Crippen molar-refractivity contribution in [2.24, 2.45) is 5.92 Å². The summed E-state index contributed by atoms with van der Waals surface area (Å²) in [6.45, 7) is 3.31. The van der Waals surface area contributed by atoms with Crippen LogP contribution < -0.4 is 5.32 Å². The van der Waals surface area contributed by atoms with Crippen LogP contribution in [0.15, 0.2) is 24.7 Å². The second kappa shape index (κ2) is 5.15. The molecular formula is C17H18N4O. The van der Waals surface area contributed by atoms with Crippen LogP contribution in [0.5, 0.6) is 0 Å². The Morgan fingerprint density at radius 2 is 2.36 bits per heavy atom. The Labute approximate surface area is 129 Å². The zero-order valence-corrected chi connectivity index (χ0v) is 12.3. The summed E-state index contributed by atoms with van der Waals surface area (Å²) in [4.78, 5) is 19.1. The molecule has 4 rings (SSSR count). The van der Waals surface area contributed by atoms with Gasteiger partial charge in [0.25, 0.3) is 5.91 Å². The molecule has 0 aromatic carbocycles. The first-order valence-electron chi connectivity index (χ1n) is 7.69. The Kier molecular flexibility index (Phi) is 3.12. The van der Waals surface area contributed by atoms with E-state index in [0.717, 1.165) is 30.0 Å². The number of terminal acetylenes is 1. The molecule has 2 aromatic rings. The van der Waals surface area contributed by atoms with E-state index in [0.29, 0.717) is 5.69 Å². The van der Waals surface area contributed by atoms with Gasteiger partial charge in [0.05, 0.1) is 17.3 Å². The molecule has 22 heavy (non-hydrogen) atoms. The summed E-state index contributed by atoms with van der Waals surface area (Å²) in [5, 5.41) is 3.12. The zero-order valence-electron chi connectivity index (χ0n) is 12.3. The Morgan fingerprint density at radius 3 is 3.18 bits per heavy atom. The van der Waals surface area contributed by atoms with Crippen molar-refractivity contribution in [1.82, 2.24) is 19.6 Å². The van der Waals surface area contributed by atoms with Crippen LogP contribution in [0.2, 0.25) is 0 Å². The third-order valence-electron chi connectivity index (χ3n) is 4.73. The van der Waals surface area contributed by atoms with E-state index < -0.39 is 0 Å². The molecule has 0 spiro atoms. The van der Waals surface area contributed by atoms with Gasteiger partial charge >= 0.3 is 0 Å². The average molecular weight is 294 g/mol. The summed E-state index contributed by atoms with van der Waals surface area (Å²) in [7, 11) is 0. The van der Waals surface area contributed by atoms with Gasteiger partial charge < -0.3 is 14.6 Å². The third kappa shape index (κ3) is 2.26. The van der Waals surface area contributed by atoms with Crippen LogP contribution >= 0.6 is 0 Å². The number of hydrogen-bond donors (Lipinski definition) is 1. The quantitative estimate of drug-likeness (QED) is 0.845. The highest BCUT2D eigenvalue weighted by Crippen LogP contribution is 2.26. The van der Waals surface area contributed by atoms with Gasteiger partial charge in [-0.2, -0.15) is 0 Å². The largest absolute Gasteiger partial charge is 0.347 e. The van der Waals surface area contributed by atoms with E-state index in [-0.39, 0.29) is 11.9 Å². The number of carbonyl (C=O) groups is 1. The molecule has 2 fully saturated rings.